The molecule has 172 valence electrons. The Hall–Kier alpha value is -2.47. The number of ether oxygens (including phenoxy) is 2. The van der Waals surface area contributed by atoms with Crippen molar-refractivity contribution >= 4 is 37.8 Å². The molecular formula is C21H24BrN3O6S. The lowest BCUT2D eigenvalue weighted by Crippen LogP contribution is -2.47. The highest BCUT2D eigenvalue weighted by atomic mass is 79.9. The molecule has 32 heavy (non-hydrogen) atoms. The van der Waals surface area contributed by atoms with Crippen LogP contribution in [0.4, 0.5) is 0 Å². The predicted octanol–water partition coefficient (Wildman–Crippen LogP) is 1.28. The first-order valence-corrected chi connectivity index (χ1v) is 12.1. The van der Waals surface area contributed by atoms with Crippen molar-refractivity contribution in [1.29, 1.82) is 0 Å². The monoisotopic (exact) mass is 525 g/mol. The van der Waals surface area contributed by atoms with Crippen LogP contribution in [-0.2, 0) is 30.8 Å². The first-order valence-electron chi connectivity index (χ1n) is 9.89. The maximum atomic E-state index is 12.9. The van der Waals surface area contributed by atoms with Crippen molar-refractivity contribution in [3.63, 3.8) is 0 Å². The van der Waals surface area contributed by atoms with Crippen LogP contribution in [0.2, 0.25) is 0 Å². The molecule has 9 nitrogen and oxygen atoms in total. The minimum atomic E-state index is -3.80. The normalized spacial score (nSPS) is 16.5. The Kier molecular flexibility index (Phi) is 8.24. The van der Waals surface area contributed by atoms with Gasteiger partial charge in [0.2, 0.25) is 10.0 Å². The van der Waals surface area contributed by atoms with Gasteiger partial charge in [0.15, 0.2) is 0 Å². The van der Waals surface area contributed by atoms with E-state index < -0.39 is 28.1 Å². The number of rotatable bonds is 8. The molecule has 2 aromatic carbocycles. The Morgan fingerprint density at radius 3 is 2.41 bits per heavy atom. The molecule has 1 heterocycles. The van der Waals surface area contributed by atoms with Gasteiger partial charge in [-0.3, -0.25) is 9.59 Å². The smallest absolute Gasteiger partial charge is 0.309 e. The van der Waals surface area contributed by atoms with Crippen LogP contribution in [0.3, 0.4) is 0 Å². The van der Waals surface area contributed by atoms with E-state index in [1.165, 1.54) is 16.4 Å². The molecule has 1 aliphatic heterocycles. The van der Waals surface area contributed by atoms with Gasteiger partial charge < -0.3 is 20.1 Å². The summed E-state index contributed by atoms with van der Waals surface area (Å²) in [4.78, 5) is 24.3. The van der Waals surface area contributed by atoms with Crippen LogP contribution in [0.15, 0.2) is 57.9 Å². The summed E-state index contributed by atoms with van der Waals surface area (Å²) in [6, 6.07) is 13.6. The number of amides is 2. The molecule has 1 saturated heterocycles. The fourth-order valence-corrected chi connectivity index (χ4v) is 4.91. The predicted molar refractivity (Wildman–Crippen MR) is 120 cm³/mol. The maximum absolute atomic E-state index is 12.9. The number of nitrogens with one attached hydrogen (secondary N) is 2. The van der Waals surface area contributed by atoms with E-state index in [0.717, 1.165) is 15.8 Å². The summed E-state index contributed by atoms with van der Waals surface area (Å²) >= 11 is 3.28. The first kappa shape index (κ1) is 24.2. The van der Waals surface area contributed by atoms with Crippen LogP contribution in [-0.4, -0.2) is 64.1 Å². The van der Waals surface area contributed by atoms with Gasteiger partial charge in [-0.05, 0) is 48.4 Å². The van der Waals surface area contributed by atoms with Crippen LogP contribution >= 0.6 is 15.9 Å². The number of hydrogen-bond donors (Lipinski definition) is 2. The maximum Gasteiger partial charge on any atom is 0.309 e. The van der Waals surface area contributed by atoms with Gasteiger partial charge in [0.05, 0.1) is 25.2 Å². The second-order valence-corrected chi connectivity index (χ2v) is 9.77. The van der Waals surface area contributed by atoms with Gasteiger partial charge in [0.25, 0.3) is 0 Å². The largest absolute Gasteiger partial charge is 0.497 e. The van der Waals surface area contributed by atoms with E-state index in [1.54, 1.807) is 19.2 Å². The van der Waals surface area contributed by atoms with E-state index >= 15 is 0 Å². The molecule has 0 radical (unpaired) electrons. The summed E-state index contributed by atoms with van der Waals surface area (Å²) in [5.41, 5.74) is 0.986. The molecule has 0 spiro atoms. The highest BCUT2D eigenvalue weighted by molar-refractivity contribution is 9.10. The van der Waals surface area contributed by atoms with Crippen LogP contribution in [0, 0.1) is 0 Å². The molecule has 1 aliphatic rings. The van der Waals surface area contributed by atoms with Crippen LogP contribution < -0.4 is 15.4 Å². The van der Waals surface area contributed by atoms with E-state index in [2.05, 4.69) is 26.6 Å². The number of methoxy groups -OCH3 is 1. The summed E-state index contributed by atoms with van der Waals surface area (Å²) in [6.45, 7) is 0.500. The number of nitrogens with zero attached hydrogens (tertiary/aromatic N) is 1. The average molecular weight is 526 g/mol. The summed E-state index contributed by atoms with van der Waals surface area (Å²) in [7, 11) is -2.21. The summed E-state index contributed by atoms with van der Waals surface area (Å²) in [5, 5.41) is 4.99. The Morgan fingerprint density at radius 2 is 1.75 bits per heavy atom. The van der Waals surface area contributed by atoms with Crippen LogP contribution in [0.25, 0.3) is 0 Å². The molecule has 0 unspecified atom stereocenters. The lowest BCUT2D eigenvalue weighted by atomic mass is 10.1. The Bertz CT molecular complexity index is 1040. The molecule has 11 heteroatoms. The van der Waals surface area contributed by atoms with E-state index in [9.17, 15) is 18.0 Å². The number of hydrogen-bond acceptors (Lipinski definition) is 6. The standard InChI is InChI=1S/C21H24BrN3O6S/c1-30-17-6-2-15(3-7-17)10-11-23-20(26)21(27)24-14-19-25(12-13-31-19)32(28,29)18-8-4-16(22)5-9-18/h2-9,19H,10-14H2,1H3,(H,23,26)(H,24,27)/t19-/m1/s1. The fraction of sp³-hybridized carbons (Fsp3) is 0.333. The van der Waals surface area contributed by atoms with Gasteiger partial charge in [-0.2, -0.15) is 4.31 Å². The fourth-order valence-electron chi connectivity index (χ4n) is 3.14. The van der Waals surface area contributed by atoms with E-state index in [4.69, 9.17) is 9.47 Å². The van der Waals surface area contributed by atoms with Crippen molar-refractivity contribution in [3.8, 4) is 5.75 Å². The lowest BCUT2D eigenvalue weighted by Gasteiger charge is -2.22. The highest BCUT2D eigenvalue weighted by Gasteiger charge is 2.36. The summed E-state index contributed by atoms with van der Waals surface area (Å²) < 4.78 is 38.3. The molecule has 2 N–H and O–H groups in total. The molecule has 0 saturated carbocycles. The van der Waals surface area contributed by atoms with Crippen molar-refractivity contribution in [2.75, 3.05) is 33.4 Å². The lowest BCUT2D eigenvalue weighted by molar-refractivity contribution is -0.139. The Balaban J connectivity index is 1.48. The van der Waals surface area contributed by atoms with Gasteiger partial charge in [-0.15, -0.1) is 0 Å². The van der Waals surface area contributed by atoms with Crippen LogP contribution in [0.5, 0.6) is 5.75 Å². The van der Waals surface area contributed by atoms with E-state index in [-0.39, 0.29) is 31.1 Å². The molecule has 1 atom stereocenters. The minimum Gasteiger partial charge on any atom is -0.497 e. The molecule has 0 aromatic heterocycles. The number of halogens is 1. The third-order valence-electron chi connectivity index (χ3n) is 4.87. The summed E-state index contributed by atoms with van der Waals surface area (Å²) in [5.74, 6) is -0.905. The van der Waals surface area contributed by atoms with Crippen molar-refractivity contribution in [2.45, 2.75) is 17.5 Å². The number of carbonyl (C=O) groups excluding carboxylic acids is 2. The van der Waals surface area contributed by atoms with E-state index in [0.29, 0.717) is 6.42 Å². The first-order chi connectivity index (χ1) is 15.3. The van der Waals surface area contributed by atoms with Crippen molar-refractivity contribution in [3.05, 3.63) is 58.6 Å². The molecular weight excluding hydrogens is 502 g/mol. The molecule has 0 aliphatic carbocycles. The second kappa shape index (κ2) is 10.9. The molecule has 2 amide bonds. The second-order valence-electron chi connectivity index (χ2n) is 6.96. The van der Waals surface area contributed by atoms with Gasteiger partial charge in [-0.1, -0.05) is 28.1 Å². The minimum absolute atomic E-state index is 0.124. The molecule has 3 rings (SSSR count). The van der Waals surface area contributed by atoms with Gasteiger partial charge in [0, 0.05) is 17.6 Å². The SMILES string of the molecule is COc1ccc(CCNC(=O)C(=O)NC[C@H]2OCCN2S(=O)(=O)c2ccc(Br)cc2)cc1. The number of carbonyl (C=O) groups is 2. The zero-order valence-corrected chi connectivity index (χ0v) is 19.8. The third-order valence-corrected chi connectivity index (χ3v) is 7.30. The Morgan fingerprint density at radius 1 is 1.09 bits per heavy atom. The van der Waals surface area contributed by atoms with Crippen molar-refractivity contribution in [1.82, 2.24) is 14.9 Å². The third kappa shape index (κ3) is 6.06. The quantitative estimate of drug-likeness (QED) is 0.501. The average Bonchev–Trinajstić information content (AvgIpc) is 3.28. The van der Waals surface area contributed by atoms with Gasteiger partial charge in [0.1, 0.15) is 12.0 Å². The topological polar surface area (TPSA) is 114 Å². The van der Waals surface area contributed by atoms with E-state index in [1.807, 2.05) is 24.3 Å². The van der Waals surface area contributed by atoms with Gasteiger partial charge >= 0.3 is 11.8 Å². The zero-order valence-electron chi connectivity index (χ0n) is 17.4. The van der Waals surface area contributed by atoms with Crippen molar-refractivity contribution in [2.24, 2.45) is 0 Å². The highest BCUT2D eigenvalue weighted by Crippen LogP contribution is 2.23. The number of benzene rings is 2. The Labute approximate surface area is 195 Å². The number of sulfonamides is 1. The van der Waals surface area contributed by atoms with Crippen molar-refractivity contribution < 1.29 is 27.5 Å². The van der Waals surface area contributed by atoms with Gasteiger partial charge in [-0.25, -0.2) is 8.42 Å². The molecule has 1 fully saturated rings. The molecule has 2 aromatic rings. The molecule has 0 bridgehead atoms. The summed E-state index contributed by atoms with van der Waals surface area (Å²) in [6.07, 6.45) is -0.340. The van der Waals surface area contributed by atoms with Crippen LogP contribution in [0.1, 0.15) is 5.56 Å². The zero-order chi connectivity index (χ0) is 23.1.